The fourth-order valence-electron chi connectivity index (χ4n) is 3.10. The molecule has 2 heterocycles. The van der Waals surface area contributed by atoms with Crippen LogP contribution in [-0.4, -0.2) is 27.1 Å². The zero-order chi connectivity index (χ0) is 16.8. The number of halogens is 1. The number of likely N-dealkylation sites (tertiary alicyclic amines) is 1. The van der Waals surface area contributed by atoms with Gasteiger partial charge in [-0.3, -0.25) is 9.48 Å². The number of hydrogen-bond donors (Lipinski definition) is 0. The van der Waals surface area contributed by atoms with Crippen LogP contribution >= 0.6 is 0 Å². The summed E-state index contributed by atoms with van der Waals surface area (Å²) in [4.78, 5) is 14.4. The number of hydrogen-bond acceptors (Lipinski definition) is 2. The first-order chi connectivity index (χ1) is 10.8. The highest BCUT2D eigenvalue weighted by Gasteiger charge is 2.36. The van der Waals surface area contributed by atoms with E-state index in [4.69, 9.17) is 0 Å². The molecule has 3 rings (SSSR count). The fraction of sp³-hybridized carbons (Fsp3) is 0.444. The third-order valence-electron chi connectivity index (χ3n) is 4.29. The highest BCUT2D eigenvalue weighted by atomic mass is 19.1. The molecule has 0 bridgehead atoms. The maximum atomic E-state index is 14.0. The highest BCUT2D eigenvalue weighted by molar-refractivity contribution is 5.93. The molecule has 0 radical (unpaired) electrons. The summed E-state index contributed by atoms with van der Waals surface area (Å²) in [6, 6.07) is 8.27. The van der Waals surface area contributed by atoms with E-state index >= 15 is 0 Å². The average Bonchev–Trinajstić information content (AvgIpc) is 2.82. The Bertz CT molecular complexity index is 745. The summed E-state index contributed by atoms with van der Waals surface area (Å²) in [6.07, 6.45) is 0.783. The van der Waals surface area contributed by atoms with Crippen molar-refractivity contribution < 1.29 is 9.18 Å². The number of carbonyl (C=O) groups is 1. The van der Waals surface area contributed by atoms with Gasteiger partial charge in [0.25, 0.3) is 5.91 Å². The van der Waals surface area contributed by atoms with Gasteiger partial charge in [0.15, 0.2) is 5.69 Å². The minimum atomic E-state index is -0.258. The van der Waals surface area contributed by atoms with Gasteiger partial charge in [0.2, 0.25) is 0 Å². The molecule has 5 heteroatoms. The van der Waals surface area contributed by atoms with Gasteiger partial charge in [-0.05, 0) is 46.2 Å². The van der Waals surface area contributed by atoms with E-state index in [2.05, 4.69) is 5.10 Å². The maximum Gasteiger partial charge on any atom is 0.274 e. The van der Waals surface area contributed by atoms with Gasteiger partial charge in [-0.25, -0.2) is 4.39 Å². The first-order valence-corrected chi connectivity index (χ1v) is 7.91. The van der Waals surface area contributed by atoms with E-state index in [1.165, 1.54) is 6.07 Å². The molecular formula is C18H22FN3O. The topological polar surface area (TPSA) is 38.1 Å². The number of nitrogens with zero attached hydrogens (tertiary/aromatic N) is 3. The van der Waals surface area contributed by atoms with Crippen LogP contribution in [0.1, 0.15) is 55.0 Å². The molecule has 1 amide bonds. The normalized spacial score (nSPS) is 18.0. The summed E-state index contributed by atoms with van der Waals surface area (Å²) in [5.74, 6) is -0.387. The van der Waals surface area contributed by atoms with Gasteiger partial charge in [-0.1, -0.05) is 18.2 Å². The zero-order valence-corrected chi connectivity index (χ0v) is 14.0. The van der Waals surface area contributed by atoms with Gasteiger partial charge in [0.1, 0.15) is 5.82 Å². The molecule has 122 valence electrons. The second-order valence-electron chi connectivity index (χ2n) is 7.08. The van der Waals surface area contributed by atoms with E-state index in [1.807, 2.05) is 38.4 Å². The predicted octanol–water partition coefficient (Wildman–Crippen LogP) is 3.67. The Balaban J connectivity index is 1.86. The minimum absolute atomic E-state index is 0.129. The molecule has 0 N–H and O–H groups in total. The van der Waals surface area contributed by atoms with Gasteiger partial charge in [-0.2, -0.15) is 5.10 Å². The summed E-state index contributed by atoms with van der Waals surface area (Å²) in [7, 11) is 0. The standard InChI is InChI=1S/C18H22FN3O/c1-12-11-15(20-22(12)18(2,3)4)17(23)21-10-9-16(21)13-7-5-6-8-14(13)19/h5-8,11,16H,9-10H2,1-4H3. The SMILES string of the molecule is Cc1cc(C(=O)N2CCC2c2ccccc2F)nn1C(C)(C)C. The smallest absolute Gasteiger partial charge is 0.274 e. The molecule has 1 atom stereocenters. The van der Waals surface area contributed by atoms with Crippen LogP contribution in [0.15, 0.2) is 30.3 Å². The van der Waals surface area contributed by atoms with Crippen LogP contribution in [0.2, 0.25) is 0 Å². The molecule has 0 spiro atoms. The molecule has 1 aromatic carbocycles. The summed E-state index contributed by atoms with van der Waals surface area (Å²) >= 11 is 0. The Morgan fingerprint density at radius 2 is 2.00 bits per heavy atom. The van der Waals surface area contributed by atoms with E-state index < -0.39 is 0 Å². The third kappa shape index (κ3) is 2.76. The lowest BCUT2D eigenvalue weighted by Gasteiger charge is -2.41. The lowest BCUT2D eigenvalue weighted by Crippen LogP contribution is -2.45. The Morgan fingerprint density at radius 1 is 1.30 bits per heavy atom. The Morgan fingerprint density at radius 3 is 2.52 bits per heavy atom. The van der Waals surface area contributed by atoms with Gasteiger partial charge in [-0.15, -0.1) is 0 Å². The molecule has 4 nitrogen and oxygen atoms in total. The van der Waals surface area contributed by atoms with Crippen LogP contribution in [0.5, 0.6) is 0 Å². The maximum absolute atomic E-state index is 14.0. The van der Waals surface area contributed by atoms with Crippen molar-refractivity contribution in [1.29, 1.82) is 0 Å². The number of amides is 1. The summed E-state index contributed by atoms with van der Waals surface area (Å²) < 4.78 is 15.8. The lowest BCUT2D eigenvalue weighted by atomic mass is 9.94. The van der Waals surface area contributed by atoms with E-state index in [0.29, 0.717) is 17.8 Å². The number of carbonyl (C=O) groups excluding carboxylic acids is 1. The largest absolute Gasteiger partial charge is 0.330 e. The number of rotatable bonds is 2. The Kier molecular flexibility index (Phi) is 3.74. The molecule has 0 aliphatic carbocycles. The highest BCUT2D eigenvalue weighted by Crippen LogP contribution is 2.35. The van der Waals surface area contributed by atoms with Crippen molar-refractivity contribution in [3.05, 3.63) is 53.1 Å². The second-order valence-corrected chi connectivity index (χ2v) is 7.08. The summed E-state index contributed by atoms with van der Waals surface area (Å²) in [6.45, 7) is 8.73. The van der Waals surface area contributed by atoms with Crippen LogP contribution in [-0.2, 0) is 5.54 Å². The van der Waals surface area contributed by atoms with E-state index in [0.717, 1.165) is 12.1 Å². The fourth-order valence-corrected chi connectivity index (χ4v) is 3.10. The molecule has 0 saturated carbocycles. The summed E-state index contributed by atoms with van der Waals surface area (Å²) in [5, 5.41) is 4.47. The first kappa shape index (κ1) is 15.7. The molecule has 2 aromatic rings. The average molecular weight is 315 g/mol. The number of benzene rings is 1. The van der Waals surface area contributed by atoms with Crippen molar-refractivity contribution in [3.8, 4) is 0 Å². The quantitative estimate of drug-likeness (QED) is 0.848. The van der Waals surface area contributed by atoms with E-state index in [1.54, 1.807) is 23.1 Å². The van der Waals surface area contributed by atoms with Crippen molar-refractivity contribution in [1.82, 2.24) is 14.7 Å². The van der Waals surface area contributed by atoms with Crippen LogP contribution in [0.25, 0.3) is 0 Å². The molecule has 1 saturated heterocycles. The van der Waals surface area contributed by atoms with Crippen LogP contribution in [0.4, 0.5) is 4.39 Å². The molecule has 1 aromatic heterocycles. The van der Waals surface area contributed by atoms with Crippen molar-refractivity contribution in [2.45, 2.75) is 45.7 Å². The molecular weight excluding hydrogens is 293 g/mol. The van der Waals surface area contributed by atoms with E-state index in [-0.39, 0.29) is 23.3 Å². The van der Waals surface area contributed by atoms with Gasteiger partial charge >= 0.3 is 0 Å². The number of aryl methyl sites for hydroxylation is 1. The molecule has 23 heavy (non-hydrogen) atoms. The molecule has 1 aliphatic heterocycles. The predicted molar refractivity (Wildman–Crippen MR) is 86.8 cm³/mol. The van der Waals surface area contributed by atoms with Crippen LogP contribution < -0.4 is 0 Å². The molecule has 1 aliphatic rings. The second kappa shape index (κ2) is 5.48. The zero-order valence-electron chi connectivity index (χ0n) is 14.0. The monoisotopic (exact) mass is 315 g/mol. The molecule has 1 unspecified atom stereocenters. The van der Waals surface area contributed by atoms with Gasteiger partial charge < -0.3 is 4.90 Å². The number of aromatic nitrogens is 2. The third-order valence-corrected chi connectivity index (χ3v) is 4.29. The van der Waals surface area contributed by atoms with Crippen LogP contribution in [0.3, 0.4) is 0 Å². The Labute approximate surface area is 135 Å². The van der Waals surface area contributed by atoms with Crippen molar-refractivity contribution >= 4 is 5.91 Å². The van der Waals surface area contributed by atoms with Gasteiger partial charge in [0, 0.05) is 17.8 Å². The first-order valence-electron chi connectivity index (χ1n) is 7.91. The molecule has 1 fully saturated rings. The summed E-state index contributed by atoms with van der Waals surface area (Å²) in [5.41, 5.74) is 1.78. The van der Waals surface area contributed by atoms with Crippen molar-refractivity contribution in [2.24, 2.45) is 0 Å². The lowest BCUT2D eigenvalue weighted by molar-refractivity contribution is 0.0445. The Hall–Kier alpha value is -2.17. The van der Waals surface area contributed by atoms with Crippen molar-refractivity contribution in [2.75, 3.05) is 6.54 Å². The van der Waals surface area contributed by atoms with E-state index in [9.17, 15) is 9.18 Å². The van der Waals surface area contributed by atoms with Crippen molar-refractivity contribution in [3.63, 3.8) is 0 Å². The van der Waals surface area contributed by atoms with Gasteiger partial charge in [0.05, 0.1) is 11.6 Å². The van der Waals surface area contributed by atoms with Crippen LogP contribution in [0, 0.1) is 12.7 Å². The minimum Gasteiger partial charge on any atom is -0.330 e.